The molecule has 0 aromatic carbocycles. The van der Waals surface area contributed by atoms with Crippen LogP contribution in [0.2, 0.25) is 0 Å². The Morgan fingerprint density at radius 2 is 2.19 bits per heavy atom. The van der Waals surface area contributed by atoms with Gasteiger partial charge in [0.25, 0.3) is 0 Å². The van der Waals surface area contributed by atoms with E-state index in [0.29, 0.717) is 13.0 Å². The molecule has 116 valence electrons. The van der Waals surface area contributed by atoms with Crippen molar-refractivity contribution in [2.24, 2.45) is 7.05 Å². The third kappa shape index (κ3) is 3.41. The van der Waals surface area contributed by atoms with Gasteiger partial charge in [-0.25, -0.2) is 0 Å². The van der Waals surface area contributed by atoms with E-state index in [-0.39, 0.29) is 23.9 Å². The van der Waals surface area contributed by atoms with Gasteiger partial charge in [0.1, 0.15) is 6.04 Å². The number of nitrogens with zero attached hydrogens (tertiary/aromatic N) is 3. The van der Waals surface area contributed by atoms with E-state index in [1.165, 1.54) is 0 Å². The molecule has 2 rings (SSSR count). The number of aryl methyl sites for hydroxylation is 1. The lowest BCUT2D eigenvalue weighted by Crippen LogP contribution is -2.43. The van der Waals surface area contributed by atoms with Crippen LogP contribution in [0.25, 0.3) is 0 Å². The quantitative estimate of drug-likeness (QED) is 0.788. The zero-order valence-corrected chi connectivity index (χ0v) is 13.0. The Hall–Kier alpha value is -1.89. The maximum Gasteiger partial charge on any atom is 0.242 e. The molecule has 2 N–H and O–H groups in total. The number of nitrogens with one attached hydrogen (secondary N) is 2. The monoisotopic (exact) mass is 293 g/mol. The van der Waals surface area contributed by atoms with Crippen LogP contribution in [0, 0.1) is 0 Å². The lowest BCUT2D eigenvalue weighted by Gasteiger charge is -2.22. The van der Waals surface area contributed by atoms with Gasteiger partial charge in [-0.1, -0.05) is 0 Å². The maximum atomic E-state index is 12.4. The Bertz CT molecular complexity index is 525. The number of rotatable bonds is 5. The molecule has 1 aliphatic heterocycles. The van der Waals surface area contributed by atoms with Gasteiger partial charge in [-0.3, -0.25) is 14.3 Å². The smallest absolute Gasteiger partial charge is 0.242 e. The lowest BCUT2D eigenvalue weighted by molar-refractivity contribution is -0.129. The Balaban J connectivity index is 1.99. The van der Waals surface area contributed by atoms with Crippen molar-refractivity contribution in [3.05, 3.63) is 18.0 Å². The van der Waals surface area contributed by atoms with Crippen molar-refractivity contribution in [1.29, 1.82) is 0 Å². The van der Waals surface area contributed by atoms with E-state index in [2.05, 4.69) is 15.7 Å². The van der Waals surface area contributed by atoms with E-state index < -0.39 is 6.04 Å². The highest BCUT2D eigenvalue weighted by Gasteiger charge is 2.33. The summed E-state index contributed by atoms with van der Waals surface area (Å²) < 4.78 is 1.66. The van der Waals surface area contributed by atoms with Gasteiger partial charge < -0.3 is 15.5 Å². The topological polar surface area (TPSA) is 79.3 Å². The van der Waals surface area contributed by atoms with Crippen LogP contribution in [0.1, 0.15) is 31.9 Å². The summed E-state index contributed by atoms with van der Waals surface area (Å²) in [5, 5.41) is 10.0. The molecular formula is C14H23N5O2. The van der Waals surface area contributed by atoms with Gasteiger partial charge in [-0.2, -0.15) is 5.10 Å². The number of likely N-dealkylation sites (tertiary alicyclic amines) is 1. The van der Waals surface area contributed by atoms with Crippen LogP contribution in [-0.4, -0.2) is 52.2 Å². The number of aromatic nitrogens is 2. The van der Waals surface area contributed by atoms with E-state index >= 15 is 0 Å². The number of carbonyl (C=O) groups excluding carboxylic acids is 2. The van der Waals surface area contributed by atoms with Crippen LogP contribution >= 0.6 is 0 Å². The van der Waals surface area contributed by atoms with E-state index in [4.69, 9.17) is 0 Å². The number of carbonyl (C=O) groups is 2. The fraction of sp³-hybridized carbons (Fsp3) is 0.643. The average molecular weight is 293 g/mol. The molecule has 2 unspecified atom stereocenters. The van der Waals surface area contributed by atoms with Crippen LogP contribution in [0.15, 0.2) is 12.4 Å². The predicted molar refractivity (Wildman–Crippen MR) is 78.4 cm³/mol. The SMILES string of the molecule is CNC(C(=O)NC1CC(=O)N(C(C)C)C1)c1cnn(C)c1. The highest BCUT2D eigenvalue weighted by atomic mass is 16.2. The molecule has 21 heavy (non-hydrogen) atoms. The highest BCUT2D eigenvalue weighted by Crippen LogP contribution is 2.16. The number of amides is 2. The molecule has 2 atom stereocenters. The van der Waals surface area contributed by atoms with Crippen molar-refractivity contribution in [1.82, 2.24) is 25.3 Å². The van der Waals surface area contributed by atoms with Crippen LogP contribution < -0.4 is 10.6 Å². The van der Waals surface area contributed by atoms with Gasteiger partial charge in [0, 0.05) is 37.8 Å². The van der Waals surface area contributed by atoms with Gasteiger partial charge in [0.15, 0.2) is 0 Å². The minimum atomic E-state index is -0.457. The van der Waals surface area contributed by atoms with Crippen molar-refractivity contribution in [2.75, 3.05) is 13.6 Å². The summed E-state index contributed by atoms with van der Waals surface area (Å²) in [6.45, 7) is 4.54. The fourth-order valence-electron chi connectivity index (χ4n) is 2.65. The predicted octanol–water partition coefficient (Wildman–Crippen LogP) is -0.194. The average Bonchev–Trinajstić information content (AvgIpc) is 2.97. The van der Waals surface area contributed by atoms with Crippen LogP contribution in [0.5, 0.6) is 0 Å². The molecule has 2 heterocycles. The molecule has 7 nitrogen and oxygen atoms in total. The molecule has 1 saturated heterocycles. The van der Waals surface area contributed by atoms with Gasteiger partial charge in [-0.05, 0) is 20.9 Å². The molecule has 2 amide bonds. The molecule has 0 aliphatic carbocycles. The molecule has 1 fully saturated rings. The molecule has 0 bridgehead atoms. The van der Waals surface area contributed by atoms with Crippen molar-refractivity contribution in [2.45, 2.75) is 38.4 Å². The van der Waals surface area contributed by atoms with Gasteiger partial charge in [0.2, 0.25) is 11.8 Å². The standard InChI is InChI=1S/C14H23N5O2/c1-9(2)19-8-11(5-12(19)20)17-14(21)13(15-3)10-6-16-18(4)7-10/h6-7,9,11,13,15H,5,8H2,1-4H3,(H,17,21). The summed E-state index contributed by atoms with van der Waals surface area (Å²) in [5.41, 5.74) is 0.808. The normalized spacial score (nSPS) is 20.1. The molecule has 1 aromatic rings. The number of likely N-dealkylation sites (N-methyl/N-ethyl adjacent to an activating group) is 1. The lowest BCUT2D eigenvalue weighted by atomic mass is 10.1. The molecule has 0 saturated carbocycles. The minimum Gasteiger partial charge on any atom is -0.349 e. The molecule has 7 heteroatoms. The second-order valence-corrected chi connectivity index (χ2v) is 5.72. The Morgan fingerprint density at radius 1 is 1.48 bits per heavy atom. The third-order valence-electron chi connectivity index (χ3n) is 3.74. The van der Waals surface area contributed by atoms with E-state index in [0.717, 1.165) is 5.56 Å². The second-order valence-electron chi connectivity index (χ2n) is 5.72. The Morgan fingerprint density at radius 3 is 2.67 bits per heavy atom. The van der Waals surface area contributed by atoms with E-state index in [1.54, 1.807) is 29.0 Å². The Labute approximate surface area is 124 Å². The maximum absolute atomic E-state index is 12.4. The van der Waals surface area contributed by atoms with Gasteiger partial charge >= 0.3 is 0 Å². The van der Waals surface area contributed by atoms with Gasteiger partial charge in [-0.15, -0.1) is 0 Å². The minimum absolute atomic E-state index is 0.0951. The summed E-state index contributed by atoms with van der Waals surface area (Å²) in [4.78, 5) is 26.0. The van der Waals surface area contributed by atoms with Crippen molar-refractivity contribution in [3.8, 4) is 0 Å². The Kier molecular flexibility index (Phi) is 4.62. The van der Waals surface area contributed by atoms with Crippen molar-refractivity contribution >= 4 is 11.8 Å². The first-order valence-corrected chi connectivity index (χ1v) is 7.18. The second kappa shape index (κ2) is 6.26. The van der Waals surface area contributed by atoms with Crippen LogP contribution in [-0.2, 0) is 16.6 Å². The van der Waals surface area contributed by atoms with Crippen molar-refractivity contribution < 1.29 is 9.59 Å². The summed E-state index contributed by atoms with van der Waals surface area (Å²) in [6, 6.07) is -0.417. The first-order valence-electron chi connectivity index (χ1n) is 7.18. The fourth-order valence-corrected chi connectivity index (χ4v) is 2.65. The third-order valence-corrected chi connectivity index (χ3v) is 3.74. The first-order chi connectivity index (χ1) is 9.92. The number of hydrogen-bond donors (Lipinski definition) is 2. The summed E-state index contributed by atoms with van der Waals surface area (Å²) in [7, 11) is 3.54. The molecule has 1 aliphatic rings. The first kappa shape index (κ1) is 15.5. The highest BCUT2D eigenvalue weighted by molar-refractivity contribution is 5.85. The zero-order chi connectivity index (χ0) is 15.6. The molecule has 1 aromatic heterocycles. The van der Waals surface area contributed by atoms with Gasteiger partial charge in [0.05, 0.1) is 12.2 Å². The zero-order valence-electron chi connectivity index (χ0n) is 13.0. The van der Waals surface area contributed by atoms with E-state index in [1.807, 2.05) is 20.9 Å². The number of hydrogen-bond acceptors (Lipinski definition) is 4. The molecule has 0 spiro atoms. The van der Waals surface area contributed by atoms with E-state index in [9.17, 15) is 9.59 Å². The summed E-state index contributed by atoms with van der Waals surface area (Å²) >= 11 is 0. The van der Waals surface area contributed by atoms with Crippen molar-refractivity contribution in [3.63, 3.8) is 0 Å². The largest absolute Gasteiger partial charge is 0.349 e. The molecule has 0 radical (unpaired) electrons. The van der Waals surface area contributed by atoms with Crippen LogP contribution in [0.4, 0.5) is 0 Å². The van der Waals surface area contributed by atoms with Crippen LogP contribution in [0.3, 0.4) is 0 Å². The summed E-state index contributed by atoms with van der Waals surface area (Å²) in [6.07, 6.45) is 3.84. The summed E-state index contributed by atoms with van der Waals surface area (Å²) in [5.74, 6) is -0.0356. The molecular weight excluding hydrogens is 270 g/mol.